The minimum absolute atomic E-state index is 0. The van der Waals surface area contributed by atoms with E-state index in [1.54, 1.807) is 0 Å². The molecule has 1 N–H and O–H groups in total. The predicted molar refractivity (Wildman–Crippen MR) is 40.6 cm³/mol. The smallest absolute Gasteiger partial charge is 0.137 e. The molecule has 10 heavy (non-hydrogen) atoms. The number of rotatable bonds is 4. The molecule has 0 aromatic heterocycles. The first-order chi connectivity index (χ1) is 4.20. The Hall–Kier alpha value is -0.0200. The number of nitrogens with zero attached hydrogens (tertiary/aromatic N) is 1. The van der Waals surface area contributed by atoms with Gasteiger partial charge in [0.2, 0.25) is 0 Å². The average molecular weight is 168 g/mol. The summed E-state index contributed by atoms with van der Waals surface area (Å²) in [6.07, 6.45) is 0. The highest BCUT2D eigenvalue weighted by atomic mass is 31.1. The van der Waals surface area contributed by atoms with E-state index in [4.69, 9.17) is 4.89 Å². The maximum absolute atomic E-state index is 10.0. The molecule has 4 nitrogen and oxygen atoms in total. The predicted octanol–water partition coefficient (Wildman–Crippen LogP) is 1.55. The van der Waals surface area contributed by atoms with Gasteiger partial charge in [-0.3, -0.25) is 0 Å². The molecule has 0 heterocycles. The van der Waals surface area contributed by atoms with Crippen LogP contribution in [0.2, 0.25) is 0 Å². The van der Waals surface area contributed by atoms with E-state index in [9.17, 15) is 4.57 Å². The summed E-state index contributed by atoms with van der Waals surface area (Å²) in [5.41, 5.74) is 0. The monoisotopic (exact) mass is 168 g/mol. The van der Waals surface area contributed by atoms with Crippen LogP contribution in [0.15, 0.2) is 0 Å². The van der Waals surface area contributed by atoms with E-state index in [0.29, 0.717) is 13.1 Å². The van der Waals surface area contributed by atoms with Gasteiger partial charge in [-0.15, -0.1) is 9.96 Å². The standard InChI is InChI=1S/C4H10NO3P.CH4/c1-3-5(4-2)8-9(6)7;/h3-4H2,1-2H3;1H4/p+1. The van der Waals surface area contributed by atoms with Crippen LogP contribution in [-0.2, 0) is 9.19 Å². The Bertz CT molecular complexity index is 94.9. The van der Waals surface area contributed by atoms with Crippen molar-refractivity contribution >= 4 is 8.25 Å². The van der Waals surface area contributed by atoms with Crippen molar-refractivity contribution in [3.8, 4) is 0 Å². The lowest BCUT2D eigenvalue weighted by molar-refractivity contribution is -0.0503. The molecule has 0 amide bonds. The van der Waals surface area contributed by atoms with E-state index >= 15 is 0 Å². The van der Waals surface area contributed by atoms with Crippen molar-refractivity contribution < 1.29 is 14.1 Å². The van der Waals surface area contributed by atoms with Gasteiger partial charge in [0, 0.05) is 17.7 Å². The number of hydrogen-bond donors (Lipinski definition) is 1. The van der Waals surface area contributed by atoms with E-state index in [2.05, 4.69) is 4.62 Å². The molecule has 0 aliphatic heterocycles. The molecule has 0 radical (unpaired) electrons. The highest BCUT2D eigenvalue weighted by Gasteiger charge is 2.17. The van der Waals surface area contributed by atoms with Crippen LogP contribution in [0.25, 0.3) is 0 Å². The fraction of sp³-hybridized carbons (Fsp3) is 1.00. The molecule has 0 aromatic carbocycles. The molecule has 0 spiro atoms. The largest absolute Gasteiger partial charge is 0.713 e. The van der Waals surface area contributed by atoms with Gasteiger partial charge in [-0.25, -0.2) is 0 Å². The number of hydrogen-bond acceptors (Lipinski definition) is 3. The lowest BCUT2D eigenvalue weighted by atomic mass is 10.6. The first-order valence-corrected chi connectivity index (χ1v) is 3.92. The molecule has 0 rings (SSSR count). The Morgan fingerprint density at radius 3 is 2.00 bits per heavy atom. The Morgan fingerprint density at radius 1 is 1.50 bits per heavy atom. The van der Waals surface area contributed by atoms with Crippen LogP contribution in [0.5, 0.6) is 0 Å². The maximum Gasteiger partial charge on any atom is 0.713 e. The van der Waals surface area contributed by atoms with Gasteiger partial charge in [0.05, 0.1) is 0 Å². The highest BCUT2D eigenvalue weighted by Crippen LogP contribution is 2.16. The summed E-state index contributed by atoms with van der Waals surface area (Å²) >= 11 is 0. The summed E-state index contributed by atoms with van der Waals surface area (Å²) in [6.45, 7) is 4.95. The van der Waals surface area contributed by atoms with Crippen molar-refractivity contribution in [1.29, 1.82) is 0 Å². The third-order valence-electron chi connectivity index (χ3n) is 0.891. The van der Waals surface area contributed by atoms with E-state index in [1.165, 1.54) is 5.06 Å². The first-order valence-electron chi connectivity index (χ1n) is 2.79. The maximum atomic E-state index is 10.0. The topological polar surface area (TPSA) is 49.8 Å². The first kappa shape index (κ1) is 12.6. The van der Waals surface area contributed by atoms with Crippen molar-refractivity contribution in [3.05, 3.63) is 0 Å². The Kier molecular flexibility index (Phi) is 8.96. The van der Waals surface area contributed by atoms with E-state index < -0.39 is 8.25 Å². The molecule has 0 bridgehead atoms. The molecule has 5 heteroatoms. The molecule has 1 atom stereocenters. The van der Waals surface area contributed by atoms with Crippen molar-refractivity contribution in [2.24, 2.45) is 0 Å². The van der Waals surface area contributed by atoms with E-state index in [-0.39, 0.29) is 7.43 Å². The summed E-state index contributed by atoms with van der Waals surface area (Å²) < 4.78 is 14.5. The SMILES string of the molecule is C.CCN(CC)O[P+](=O)O. The van der Waals surface area contributed by atoms with Gasteiger partial charge in [0.1, 0.15) is 0 Å². The highest BCUT2D eigenvalue weighted by molar-refractivity contribution is 7.32. The molecule has 0 aliphatic rings. The van der Waals surface area contributed by atoms with Crippen LogP contribution in [0.1, 0.15) is 21.3 Å². The minimum Gasteiger partial charge on any atom is -0.137 e. The lowest BCUT2D eigenvalue weighted by Crippen LogP contribution is -2.19. The summed E-state index contributed by atoms with van der Waals surface area (Å²) in [5.74, 6) is 0. The third kappa shape index (κ3) is 6.11. The summed E-state index contributed by atoms with van der Waals surface area (Å²) in [5, 5.41) is 1.42. The summed E-state index contributed by atoms with van der Waals surface area (Å²) in [7, 11) is -2.48. The van der Waals surface area contributed by atoms with Crippen molar-refractivity contribution in [1.82, 2.24) is 5.06 Å². The summed E-state index contributed by atoms with van der Waals surface area (Å²) in [4.78, 5) is 8.23. The zero-order valence-corrected chi connectivity index (χ0v) is 6.47. The lowest BCUT2D eigenvalue weighted by Gasteiger charge is -2.05. The molecular formula is C5H15NO3P+. The second-order valence-electron chi connectivity index (χ2n) is 1.43. The molecule has 62 valence electrons. The van der Waals surface area contributed by atoms with Crippen molar-refractivity contribution in [2.45, 2.75) is 21.3 Å². The molecule has 0 saturated heterocycles. The van der Waals surface area contributed by atoms with Crippen molar-refractivity contribution in [3.63, 3.8) is 0 Å². The second-order valence-corrected chi connectivity index (χ2v) is 2.07. The van der Waals surface area contributed by atoms with Gasteiger partial charge in [-0.1, -0.05) is 7.43 Å². The average Bonchev–Trinajstić information content (AvgIpc) is 1.82. The van der Waals surface area contributed by atoms with E-state index in [0.717, 1.165) is 0 Å². The van der Waals surface area contributed by atoms with Gasteiger partial charge in [0.25, 0.3) is 0 Å². The van der Waals surface area contributed by atoms with Crippen LogP contribution in [0.3, 0.4) is 0 Å². The van der Waals surface area contributed by atoms with Gasteiger partial charge in [-0.05, 0) is 18.5 Å². The van der Waals surface area contributed by atoms with E-state index in [1.807, 2.05) is 13.8 Å². The van der Waals surface area contributed by atoms with Crippen molar-refractivity contribution in [2.75, 3.05) is 13.1 Å². The summed E-state index contributed by atoms with van der Waals surface area (Å²) in [6, 6.07) is 0. The zero-order chi connectivity index (χ0) is 7.28. The third-order valence-corrected chi connectivity index (χ3v) is 1.26. The van der Waals surface area contributed by atoms with Gasteiger partial charge >= 0.3 is 8.25 Å². The van der Waals surface area contributed by atoms with Gasteiger partial charge < -0.3 is 0 Å². The molecular weight excluding hydrogens is 153 g/mol. The molecule has 1 unspecified atom stereocenters. The Balaban J connectivity index is 0. The van der Waals surface area contributed by atoms with Crippen LogP contribution in [0, 0.1) is 0 Å². The second kappa shape index (κ2) is 7.09. The normalized spacial score (nSPS) is 11.0. The Labute approximate surface area is 62.7 Å². The molecule has 0 fully saturated rings. The molecule has 0 aliphatic carbocycles. The zero-order valence-electron chi connectivity index (χ0n) is 5.57. The molecule has 0 aromatic rings. The number of hydroxylamine groups is 2. The van der Waals surface area contributed by atoms with Crippen LogP contribution in [-0.4, -0.2) is 23.0 Å². The van der Waals surface area contributed by atoms with Gasteiger partial charge in [0.15, 0.2) is 0 Å². The van der Waals surface area contributed by atoms with Gasteiger partial charge in [-0.2, -0.15) is 0 Å². The fourth-order valence-corrected chi connectivity index (χ4v) is 0.866. The van der Waals surface area contributed by atoms with Crippen LogP contribution in [0.4, 0.5) is 0 Å². The minimum atomic E-state index is -2.48. The quantitative estimate of drug-likeness (QED) is 0.511. The molecule has 0 saturated carbocycles. The Morgan fingerprint density at radius 2 is 1.90 bits per heavy atom. The fourth-order valence-electron chi connectivity index (χ4n) is 0.438. The van der Waals surface area contributed by atoms with Crippen LogP contribution >= 0.6 is 8.25 Å². The van der Waals surface area contributed by atoms with Crippen LogP contribution < -0.4 is 0 Å².